The second-order valence-electron chi connectivity index (χ2n) is 4.71. The fourth-order valence-corrected chi connectivity index (χ4v) is 2.61. The van der Waals surface area contributed by atoms with E-state index < -0.39 is 0 Å². The van der Waals surface area contributed by atoms with Gasteiger partial charge in [0.05, 0.1) is 22.5 Å². The molecule has 0 aromatic carbocycles. The standard InChI is InChI=1S/C13H14N4OS/c1-7-13(19-6-15-7)17-12(18)10-5-14-8(2)16-11(10)9-3-4-9/h5-6,9H,3-4H2,1-2H3,(H,17,18). The molecule has 1 aliphatic carbocycles. The van der Waals surface area contributed by atoms with Crippen LogP contribution in [-0.2, 0) is 0 Å². The minimum absolute atomic E-state index is 0.144. The number of thiazole rings is 1. The molecule has 19 heavy (non-hydrogen) atoms. The summed E-state index contributed by atoms with van der Waals surface area (Å²) in [6.07, 6.45) is 3.84. The Kier molecular flexibility index (Phi) is 3.02. The number of aryl methyl sites for hydroxylation is 2. The molecular formula is C13H14N4OS. The van der Waals surface area contributed by atoms with Crippen molar-refractivity contribution < 1.29 is 4.79 Å². The van der Waals surface area contributed by atoms with Gasteiger partial charge in [-0.25, -0.2) is 15.0 Å². The topological polar surface area (TPSA) is 67.8 Å². The van der Waals surface area contributed by atoms with Crippen molar-refractivity contribution in [2.75, 3.05) is 5.32 Å². The van der Waals surface area contributed by atoms with E-state index in [2.05, 4.69) is 20.3 Å². The lowest BCUT2D eigenvalue weighted by molar-refractivity contribution is 0.102. The Labute approximate surface area is 115 Å². The average Bonchev–Trinajstić information content (AvgIpc) is 3.15. The highest BCUT2D eigenvalue weighted by Crippen LogP contribution is 2.40. The Morgan fingerprint density at radius 2 is 2.16 bits per heavy atom. The van der Waals surface area contributed by atoms with Crippen molar-refractivity contribution >= 4 is 22.2 Å². The number of hydrogen-bond acceptors (Lipinski definition) is 5. The second-order valence-corrected chi connectivity index (χ2v) is 5.57. The van der Waals surface area contributed by atoms with Gasteiger partial charge < -0.3 is 5.32 Å². The Bertz CT molecular complexity index is 633. The van der Waals surface area contributed by atoms with Crippen molar-refractivity contribution in [3.8, 4) is 0 Å². The van der Waals surface area contributed by atoms with E-state index >= 15 is 0 Å². The third-order valence-corrected chi connectivity index (χ3v) is 3.96. The predicted octanol–water partition coefficient (Wildman–Crippen LogP) is 2.68. The molecule has 3 rings (SSSR count). The molecule has 5 nitrogen and oxygen atoms in total. The molecule has 0 unspecified atom stereocenters. The molecule has 6 heteroatoms. The average molecular weight is 274 g/mol. The lowest BCUT2D eigenvalue weighted by Crippen LogP contribution is -2.16. The highest BCUT2D eigenvalue weighted by atomic mass is 32.1. The van der Waals surface area contributed by atoms with Gasteiger partial charge in [0.25, 0.3) is 5.91 Å². The molecule has 0 radical (unpaired) electrons. The van der Waals surface area contributed by atoms with Crippen LogP contribution in [0.25, 0.3) is 0 Å². The van der Waals surface area contributed by atoms with Crippen molar-refractivity contribution in [1.29, 1.82) is 0 Å². The highest BCUT2D eigenvalue weighted by Gasteiger charge is 2.30. The molecule has 0 bridgehead atoms. The van der Waals surface area contributed by atoms with E-state index in [4.69, 9.17) is 0 Å². The number of carbonyl (C=O) groups is 1. The van der Waals surface area contributed by atoms with Crippen LogP contribution < -0.4 is 5.32 Å². The van der Waals surface area contributed by atoms with Gasteiger partial charge in [0.1, 0.15) is 10.8 Å². The number of nitrogens with one attached hydrogen (secondary N) is 1. The third kappa shape index (κ3) is 2.49. The van der Waals surface area contributed by atoms with Crippen LogP contribution in [0.15, 0.2) is 11.7 Å². The maximum Gasteiger partial charge on any atom is 0.259 e. The van der Waals surface area contributed by atoms with Gasteiger partial charge in [0, 0.05) is 12.1 Å². The molecular weight excluding hydrogens is 260 g/mol. The highest BCUT2D eigenvalue weighted by molar-refractivity contribution is 7.14. The van der Waals surface area contributed by atoms with Crippen molar-refractivity contribution in [3.05, 3.63) is 34.5 Å². The van der Waals surface area contributed by atoms with E-state index in [0.29, 0.717) is 17.3 Å². The van der Waals surface area contributed by atoms with Crippen molar-refractivity contribution in [2.45, 2.75) is 32.6 Å². The van der Waals surface area contributed by atoms with Crippen molar-refractivity contribution in [3.63, 3.8) is 0 Å². The summed E-state index contributed by atoms with van der Waals surface area (Å²) in [5, 5.41) is 3.67. The number of anilines is 1. The molecule has 0 aliphatic heterocycles. The fraction of sp³-hybridized carbons (Fsp3) is 0.385. The number of rotatable bonds is 3. The number of carbonyl (C=O) groups excluding carboxylic acids is 1. The van der Waals surface area contributed by atoms with Gasteiger partial charge in [-0.05, 0) is 26.7 Å². The molecule has 0 spiro atoms. The van der Waals surface area contributed by atoms with Gasteiger partial charge in [-0.1, -0.05) is 0 Å². The molecule has 1 fully saturated rings. The number of nitrogens with zero attached hydrogens (tertiary/aromatic N) is 3. The monoisotopic (exact) mass is 274 g/mol. The molecule has 2 aromatic rings. The lowest BCUT2D eigenvalue weighted by Gasteiger charge is -2.08. The molecule has 2 heterocycles. The summed E-state index contributed by atoms with van der Waals surface area (Å²) in [4.78, 5) is 25.0. The molecule has 0 atom stereocenters. The summed E-state index contributed by atoms with van der Waals surface area (Å²) in [7, 11) is 0. The molecule has 0 saturated heterocycles. The van der Waals surface area contributed by atoms with Crippen LogP contribution in [0.3, 0.4) is 0 Å². The zero-order valence-electron chi connectivity index (χ0n) is 10.8. The maximum atomic E-state index is 12.3. The Morgan fingerprint density at radius 3 is 2.79 bits per heavy atom. The lowest BCUT2D eigenvalue weighted by atomic mass is 10.1. The van der Waals surface area contributed by atoms with Crippen molar-refractivity contribution in [2.24, 2.45) is 0 Å². The predicted molar refractivity (Wildman–Crippen MR) is 73.5 cm³/mol. The van der Waals surface area contributed by atoms with Gasteiger partial charge in [0.2, 0.25) is 0 Å². The van der Waals surface area contributed by atoms with Crippen LogP contribution >= 0.6 is 11.3 Å². The summed E-state index contributed by atoms with van der Waals surface area (Å²) in [6, 6.07) is 0. The van der Waals surface area contributed by atoms with E-state index in [0.717, 1.165) is 29.2 Å². The number of amides is 1. The summed E-state index contributed by atoms with van der Waals surface area (Å²) < 4.78 is 0. The minimum atomic E-state index is -0.144. The van der Waals surface area contributed by atoms with E-state index in [1.54, 1.807) is 11.7 Å². The maximum absolute atomic E-state index is 12.3. The zero-order chi connectivity index (χ0) is 13.4. The van der Waals surface area contributed by atoms with Gasteiger partial charge in [-0.3, -0.25) is 4.79 Å². The van der Waals surface area contributed by atoms with E-state index in [1.165, 1.54) is 11.3 Å². The van der Waals surface area contributed by atoms with E-state index in [-0.39, 0.29) is 5.91 Å². The number of hydrogen-bond donors (Lipinski definition) is 1. The van der Waals surface area contributed by atoms with Crippen LogP contribution in [0.1, 0.15) is 46.3 Å². The smallest absolute Gasteiger partial charge is 0.259 e. The summed E-state index contributed by atoms with van der Waals surface area (Å²) in [5.74, 6) is 0.992. The Balaban J connectivity index is 1.89. The molecule has 1 saturated carbocycles. The normalized spacial score (nSPS) is 14.4. The number of aromatic nitrogens is 3. The SMILES string of the molecule is Cc1ncc(C(=O)Nc2scnc2C)c(C2CC2)n1. The zero-order valence-corrected chi connectivity index (χ0v) is 11.6. The van der Waals surface area contributed by atoms with Crippen LogP contribution in [0.4, 0.5) is 5.00 Å². The second kappa shape index (κ2) is 4.70. The molecule has 1 aliphatic rings. The summed E-state index contributed by atoms with van der Waals surface area (Å²) in [5.41, 5.74) is 4.02. The summed E-state index contributed by atoms with van der Waals surface area (Å²) in [6.45, 7) is 3.72. The van der Waals surface area contributed by atoms with Gasteiger partial charge in [-0.15, -0.1) is 11.3 Å². The first kappa shape index (κ1) is 12.2. The van der Waals surface area contributed by atoms with E-state index in [1.807, 2.05) is 13.8 Å². The minimum Gasteiger partial charge on any atom is -0.312 e. The third-order valence-electron chi connectivity index (χ3n) is 3.12. The van der Waals surface area contributed by atoms with Crippen LogP contribution in [0, 0.1) is 13.8 Å². The van der Waals surface area contributed by atoms with Gasteiger partial charge in [0.15, 0.2) is 0 Å². The van der Waals surface area contributed by atoms with E-state index in [9.17, 15) is 4.79 Å². The molecule has 1 amide bonds. The largest absolute Gasteiger partial charge is 0.312 e. The van der Waals surface area contributed by atoms with Crippen molar-refractivity contribution in [1.82, 2.24) is 15.0 Å². The van der Waals surface area contributed by atoms with Gasteiger partial charge >= 0.3 is 0 Å². The Hall–Kier alpha value is -1.82. The van der Waals surface area contributed by atoms with Crippen LogP contribution in [0.2, 0.25) is 0 Å². The summed E-state index contributed by atoms with van der Waals surface area (Å²) >= 11 is 1.42. The van der Waals surface area contributed by atoms with Gasteiger partial charge in [-0.2, -0.15) is 0 Å². The quantitative estimate of drug-likeness (QED) is 0.934. The van der Waals surface area contributed by atoms with Crippen LogP contribution in [-0.4, -0.2) is 20.9 Å². The molecule has 1 N–H and O–H groups in total. The first-order chi connectivity index (χ1) is 9.15. The Morgan fingerprint density at radius 1 is 1.37 bits per heavy atom. The first-order valence-corrected chi connectivity index (χ1v) is 7.08. The fourth-order valence-electron chi connectivity index (χ4n) is 1.92. The molecule has 2 aromatic heterocycles. The first-order valence-electron chi connectivity index (χ1n) is 6.20. The van der Waals surface area contributed by atoms with Crippen LogP contribution in [0.5, 0.6) is 0 Å². The molecule has 98 valence electrons.